The second-order valence-corrected chi connectivity index (χ2v) is 7.36. The van der Waals surface area contributed by atoms with Crippen LogP contribution in [0.3, 0.4) is 0 Å². The molecule has 0 spiro atoms. The van der Waals surface area contributed by atoms with Gasteiger partial charge in [0.15, 0.2) is 5.84 Å². The van der Waals surface area contributed by atoms with Gasteiger partial charge in [0.05, 0.1) is 19.4 Å². The smallest absolute Gasteiger partial charge is 0.497 e. The van der Waals surface area contributed by atoms with Crippen LogP contribution in [0.2, 0.25) is 0 Å². The molecule has 0 saturated heterocycles. The molecule has 0 bridgehead atoms. The van der Waals surface area contributed by atoms with E-state index < -0.39 is 6.36 Å². The molecule has 176 valence electrons. The molecular formula is C25H22F3N3O3. The molecule has 1 heterocycles. The molecule has 6 nitrogen and oxygen atoms in total. The first-order valence-electron chi connectivity index (χ1n) is 10.6. The zero-order valence-corrected chi connectivity index (χ0v) is 18.5. The van der Waals surface area contributed by atoms with Crippen molar-refractivity contribution in [2.24, 2.45) is 10.1 Å². The fourth-order valence-electron chi connectivity index (χ4n) is 3.34. The highest BCUT2D eigenvalue weighted by Crippen LogP contribution is 2.32. The summed E-state index contributed by atoms with van der Waals surface area (Å²) in [5.41, 5.74) is 5.60. The molecule has 3 aromatic rings. The Bertz CT molecular complexity index is 1200. The van der Waals surface area contributed by atoms with Crippen molar-refractivity contribution in [2.45, 2.75) is 19.7 Å². The fourth-order valence-corrected chi connectivity index (χ4v) is 3.34. The minimum absolute atomic E-state index is 0.357. The molecule has 1 aliphatic rings. The standard InChI is InChI=1S/C25H22F3N3O3/c1-3-14-33-19-10-4-16(5-11-19)23-21-15-20(34-25(26,27)28)12-13-22(21)29-24(31-30-23)17-6-8-18(32-2)9-7-17/h4-13,15H,3,14H2,1-2H3,(H,29,31). The van der Waals surface area contributed by atoms with Gasteiger partial charge in [-0.15, -0.1) is 13.2 Å². The number of rotatable bonds is 7. The Hall–Kier alpha value is -4.01. The number of hydrogen-bond acceptors (Lipinski definition) is 6. The molecule has 0 aromatic heterocycles. The zero-order valence-electron chi connectivity index (χ0n) is 18.5. The molecule has 0 saturated carbocycles. The fraction of sp³-hybridized carbons (Fsp3) is 0.200. The van der Waals surface area contributed by atoms with Crippen molar-refractivity contribution in [3.8, 4) is 17.2 Å². The number of amidine groups is 1. The molecule has 1 aliphatic heterocycles. The van der Waals surface area contributed by atoms with Gasteiger partial charge in [0, 0.05) is 16.7 Å². The van der Waals surface area contributed by atoms with Gasteiger partial charge in [-0.25, -0.2) is 4.99 Å². The van der Waals surface area contributed by atoms with Crippen molar-refractivity contribution in [1.82, 2.24) is 5.43 Å². The average Bonchev–Trinajstić information content (AvgIpc) is 3.02. The van der Waals surface area contributed by atoms with Crippen LogP contribution in [0.1, 0.15) is 30.0 Å². The topological polar surface area (TPSA) is 64.4 Å². The van der Waals surface area contributed by atoms with E-state index in [2.05, 4.69) is 20.3 Å². The minimum Gasteiger partial charge on any atom is -0.497 e. The van der Waals surface area contributed by atoms with E-state index >= 15 is 0 Å². The number of benzene rings is 3. The third-order valence-electron chi connectivity index (χ3n) is 4.93. The summed E-state index contributed by atoms with van der Waals surface area (Å²) in [6, 6.07) is 18.3. The van der Waals surface area contributed by atoms with Crippen molar-refractivity contribution in [2.75, 3.05) is 13.7 Å². The maximum atomic E-state index is 12.8. The van der Waals surface area contributed by atoms with Gasteiger partial charge in [-0.2, -0.15) is 5.10 Å². The predicted octanol–water partition coefficient (Wildman–Crippen LogP) is 5.82. The van der Waals surface area contributed by atoms with Crippen LogP contribution < -0.4 is 19.6 Å². The molecule has 0 aliphatic carbocycles. The van der Waals surface area contributed by atoms with Crippen molar-refractivity contribution in [1.29, 1.82) is 0 Å². The maximum absolute atomic E-state index is 12.8. The molecule has 0 atom stereocenters. The van der Waals surface area contributed by atoms with E-state index in [-0.39, 0.29) is 5.75 Å². The highest BCUT2D eigenvalue weighted by molar-refractivity contribution is 6.18. The third kappa shape index (κ3) is 5.48. The number of hydrogen-bond donors (Lipinski definition) is 1. The number of alkyl halides is 3. The van der Waals surface area contributed by atoms with Crippen LogP contribution in [0.15, 0.2) is 76.8 Å². The van der Waals surface area contributed by atoms with E-state index in [1.54, 1.807) is 43.5 Å². The van der Waals surface area contributed by atoms with Gasteiger partial charge in [0.25, 0.3) is 0 Å². The average molecular weight is 469 g/mol. The van der Waals surface area contributed by atoms with Crippen molar-refractivity contribution >= 4 is 17.2 Å². The van der Waals surface area contributed by atoms with Gasteiger partial charge in [-0.1, -0.05) is 6.92 Å². The van der Waals surface area contributed by atoms with Crippen LogP contribution in [-0.2, 0) is 0 Å². The molecule has 1 N–H and O–H groups in total. The lowest BCUT2D eigenvalue weighted by molar-refractivity contribution is -0.274. The Labute approximate surface area is 194 Å². The van der Waals surface area contributed by atoms with Crippen LogP contribution >= 0.6 is 0 Å². The Morgan fingerprint density at radius 3 is 2.15 bits per heavy atom. The van der Waals surface area contributed by atoms with Gasteiger partial charge < -0.3 is 14.2 Å². The molecule has 3 aromatic carbocycles. The minimum atomic E-state index is -4.82. The summed E-state index contributed by atoms with van der Waals surface area (Å²) in [6.45, 7) is 2.60. The van der Waals surface area contributed by atoms with Gasteiger partial charge in [-0.05, 0) is 73.2 Å². The molecule has 0 unspecified atom stereocenters. The molecule has 0 amide bonds. The van der Waals surface area contributed by atoms with E-state index in [1.165, 1.54) is 18.2 Å². The Morgan fingerprint density at radius 2 is 1.50 bits per heavy atom. The highest BCUT2D eigenvalue weighted by Gasteiger charge is 2.31. The highest BCUT2D eigenvalue weighted by atomic mass is 19.4. The number of methoxy groups -OCH3 is 1. The Kier molecular flexibility index (Phi) is 6.72. The van der Waals surface area contributed by atoms with E-state index in [0.29, 0.717) is 46.5 Å². The second kappa shape index (κ2) is 9.86. The quantitative estimate of drug-likeness (QED) is 0.474. The SMILES string of the molecule is CCCOc1ccc(C2=NNC(c3ccc(OC)cc3)=Nc3ccc(OC(F)(F)F)cc32)cc1. The van der Waals surface area contributed by atoms with Crippen LogP contribution in [0, 0.1) is 0 Å². The van der Waals surface area contributed by atoms with E-state index in [4.69, 9.17) is 9.47 Å². The first-order valence-corrected chi connectivity index (χ1v) is 10.6. The summed E-state index contributed by atoms with van der Waals surface area (Å²) in [6.07, 6.45) is -3.94. The summed E-state index contributed by atoms with van der Waals surface area (Å²) in [4.78, 5) is 4.62. The number of fused-ring (bicyclic) bond motifs is 1. The van der Waals surface area contributed by atoms with Crippen LogP contribution in [0.5, 0.6) is 17.2 Å². The van der Waals surface area contributed by atoms with Crippen molar-refractivity contribution in [3.05, 3.63) is 83.4 Å². The largest absolute Gasteiger partial charge is 0.573 e. The Balaban J connectivity index is 1.76. The van der Waals surface area contributed by atoms with Crippen molar-refractivity contribution < 1.29 is 27.4 Å². The summed E-state index contributed by atoms with van der Waals surface area (Å²) in [7, 11) is 1.57. The second-order valence-electron chi connectivity index (χ2n) is 7.36. The molecule has 34 heavy (non-hydrogen) atoms. The van der Waals surface area contributed by atoms with Gasteiger partial charge >= 0.3 is 6.36 Å². The molecule has 0 radical (unpaired) electrons. The lowest BCUT2D eigenvalue weighted by Gasteiger charge is -2.13. The number of nitrogens with zero attached hydrogens (tertiary/aromatic N) is 2. The molecule has 0 fully saturated rings. The van der Waals surface area contributed by atoms with E-state index in [0.717, 1.165) is 12.0 Å². The normalized spacial score (nSPS) is 13.1. The number of ether oxygens (including phenoxy) is 3. The van der Waals surface area contributed by atoms with Gasteiger partial charge in [0.2, 0.25) is 0 Å². The monoisotopic (exact) mass is 469 g/mol. The lowest BCUT2D eigenvalue weighted by Crippen LogP contribution is -2.19. The van der Waals surface area contributed by atoms with Gasteiger partial charge in [0.1, 0.15) is 23.0 Å². The summed E-state index contributed by atoms with van der Waals surface area (Å²) in [5.74, 6) is 1.45. The summed E-state index contributed by atoms with van der Waals surface area (Å²) >= 11 is 0. The molecule has 4 rings (SSSR count). The number of aliphatic imine (C=N–C) groups is 1. The van der Waals surface area contributed by atoms with Crippen molar-refractivity contribution in [3.63, 3.8) is 0 Å². The lowest BCUT2D eigenvalue weighted by atomic mass is 10.0. The first-order chi connectivity index (χ1) is 16.4. The van der Waals surface area contributed by atoms with Gasteiger partial charge in [-0.3, -0.25) is 5.43 Å². The number of halogens is 3. The first kappa shape index (κ1) is 23.2. The summed E-state index contributed by atoms with van der Waals surface area (Å²) < 4.78 is 53.5. The third-order valence-corrected chi connectivity index (χ3v) is 4.93. The molecule has 9 heteroatoms. The predicted molar refractivity (Wildman–Crippen MR) is 123 cm³/mol. The van der Waals surface area contributed by atoms with Crippen LogP contribution in [-0.4, -0.2) is 31.6 Å². The molecular weight excluding hydrogens is 447 g/mol. The van der Waals surface area contributed by atoms with Crippen LogP contribution in [0.4, 0.5) is 18.9 Å². The number of nitrogens with one attached hydrogen (secondary N) is 1. The van der Waals surface area contributed by atoms with Crippen LogP contribution in [0.25, 0.3) is 0 Å². The summed E-state index contributed by atoms with van der Waals surface area (Å²) in [5, 5.41) is 4.49. The van der Waals surface area contributed by atoms with E-state index in [1.807, 2.05) is 19.1 Å². The Morgan fingerprint density at radius 1 is 0.853 bits per heavy atom. The zero-order chi connectivity index (χ0) is 24.1. The maximum Gasteiger partial charge on any atom is 0.573 e. The number of hydrazone groups is 1. The van der Waals surface area contributed by atoms with E-state index in [9.17, 15) is 13.2 Å².